The molecular weight excluding hydrogens is 345 g/mol. The van der Waals surface area contributed by atoms with E-state index in [2.05, 4.69) is 15.1 Å². The van der Waals surface area contributed by atoms with Crippen molar-refractivity contribution >= 4 is 11.6 Å². The number of furan rings is 1. The van der Waals surface area contributed by atoms with E-state index < -0.39 is 0 Å². The third kappa shape index (κ3) is 3.45. The van der Waals surface area contributed by atoms with Crippen LogP contribution in [0.5, 0.6) is 0 Å². The second-order valence-corrected chi connectivity index (χ2v) is 6.58. The van der Waals surface area contributed by atoms with E-state index in [0.29, 0.717) is 34.7 Å². The summed E-state index contributed by atoms with van der Waals surface area (Å²) < 4.78 is 24.9. The van der Waals surface area contributed by atoms with Crippen LogP contribution in [0.4, 0.5) is 4.39 Å². The van der Waals surface area contributed by atoms with Crippen LogP contribution in [0.25, 0.3) is 11.7 Å². The molecule has 0 atom stereocenters. The molecule has 1 aliphatic heterocycles. The molecule has 130 valence electrons. The van der Waals surface area contributed by atoms with E-state index in [-0.39, 0.29) is 11.7 Å². The minimum absolute atomic E-state index is 0.212. The van der Waals surface area contributed by atoms with Crippen LogP contribution >= 0.6 is 11.6 Å². The molecule has 0 radical (unpaired) electrons. The van der Waals surface area contributed by atoms with Crippen LogP contribution in [0, 0.1) is 5.82 Å². The van der Waals surface area contributed by atoms with E-state index in [9.17, 15) is 4.39 Å². The van der Waals surface area contributed by atoms with Gasteiger partial charge in [0.25, 0.3) is 5.89 Å². The zero-order valence-corrected chi connectivity index (χ0v) is 14.2. The van der Waals surface area contributed by atoms with Gasteiger partial charge in [-0.3, -0.25) is 4.90 Å². The summed E-state index contributed by atoms with van der Waals surface area (Å²) in [6, 6.07) is 8.37. The number of rotatable bonds is 4. The lowest BCUT2D eigenvalue weighted by Gasteiger charge is -2.30. The van der Waals surface area contributed by atoms with Crippen molar-refractivity contribution in [1.29, 1.82) is 0 Å². The second-order valence-electron chi connectivity index (χ2n) is 6.17. The van der Waals surface area contributed by atoms with Crippen LogP contribution in [0.1, 0.15) is 30.2 Å². The molecule has 0 saturated carbocycles. The first kappa shape index (κ1) is 16.3. The fourth-order valence-corrected chi connectivity index (χ4v) is 3.37. The van der Waals surface area contributed by atoms with Gasteiger partial charge in [0.15, 0.2) is 5.76 Å². The summed E-state index contributed by atoms with van der Waals surface area (Å²) in [6.45, 7) is 2.17. The van der Waals surface area contributed by atoms with E-state index in [1.165, 1.54) is 6.07 Å². The van der Waals surface area contributed by atoms with Gasteiger partial charge in [0.2, 0.25) is 5.89 Å². The maximum Gasteiger partial charge on any atom is 0.283 e. The second kappa shape index (κ2) is 6.98. The zero-order chi connectivity index (χ0) is 17.2. The molecule has 1 aromatic carbocycles. The van der Waals surface area contributed by atoms with Gasteiger partial charge >= 0.3 is 0 Å². The highest BCUT2D eigenvalue weighted by Gasteiger charge is 2.26. The topological polar surface area (TPSA) is 55.3 Å². The highest BCUT2D eigenvalue weighted by Crippen LogP contribution is 2.31. The maximum absolute atomic E-state index is 13.9. The zero-order valence-electron chi connectivity index (χ0n) is 13.5. The van der Waals surface area contributed by atoms with Crippen molar-refractivity contribution in [3.8, 4) is 11.7 Å². The summed E-state index contributed by atoms with van der Waals surface area (Å²) in [7, 11) is 0. The Bertz CT molecular complexity index is 822. The van der Waals surface area contributed by atoms with Gasteiger partial charge in [0, 0.05) is 23.0 Å². The molecule has 25 heavy (non-hydrogen) atoms. The monoisotopic (exact) mass is 361 g/mol. The molecule has 3 heterocycles. The number of halogens is 2. The van der Waals surface area contributed by atoms with Gasteiger partial charge in [-0.05, 0) is 50.2 Å². The summed E-state index contributed by atoms with van der Waals surface area (Å²) in [5.41, 5.74) is 0.556. The molecule has 3 aromatic rings. The maximum atomic E-state index is 13.9. The first-order chi connectivity index (χ1) is 12.2. The molecule has 1 aliphatic rings. The van der Waals surface area contributed by atoms with Gasteiger partial charge in [-0.2, -0.15) is 0 Å². The minimum atomic E-state index is -0.255. The fraction of sp³-hybridized carbons (Fsp3) is 0.333. The molecule has 0 bridgehead atoms. The van der Waals surface area contributed by atoms with Gasteiger partial charge in [-0.25, -0.2) is 4.39 Å². The quantitative estimate of drug-likeness (QED) is 0.684. The van der Waals surface area contributed by atoms with Crippen molar-refractivity contribution in [1.82, 2.24) is 15.1 Å². The Labute approximate surface area is 149 Å². The number of likely N-dealkylation sites (tertiary alicyclic amines) is 1. The SMILES string of the molecule is Fc1cccc(Cl)c1CN1CCC(c2nnc(-c3ccco3)o2)CC1. The molecule has 0 aliphatic carbocycles. The van der Waals surface area contributed by atoms with Crippen molar-refractivity contribution in [2.75, 3.05) is 13.1 Å². The average Bonchev–Trinajstić information content (AvgIpc) is 3.30. The summed E-state index contributed by atoms with van der Waals surface area (Å²) in [4.78, 5) is 2.20. The van der Waals surface area contributed by atoms with Crippen molar-refractivity contribution in [2.24, 2.45) is 0 Å². The van der Waals surface area contributed by atoms with Gasteiger partial charge in [-0.1, -0.05) is 17.7 Å². The first-order valence-corrected chi connectivity index (χ1v) is 8.61. The van der Waals surface area contributed by atoms with Crippen molar-refractivity contribution in [3.63, 3.8) is 0 Å². The summed E-state index contributed by atoms with van der Waals surface area (Å²) in [5, 5.41) is 8.68. The van der Waals surface area contributed by atoms with Crippen molar-refractivity contribution in [3.05, 3.63) is 58.9 Å². The van der Waals surface area contributed by atoms with E-state index >= 15 is 0 Å². The Hall–Kier alpha value is -2.18. The number of hydrogen-bond acceptors (Lipinski definition) is 5. The van der Waals surface area contributed by atoms with E-state index in [4.69, 9.17) is 20.4 Å². The number of hydrogen-bond donors (Lipinski definition) is 0. The molecule has 2 aromatic heterocycles. The van der Waals surface area contributed by atoms with Crippen LogP contribution < -0.4 is 0 Å². The summed E-state index contributed by atoms with van der Waals surface area (Å²) in [5.74, 6) is 1.57. The fourth-order valence-electron chi connectivity index (χ4n) is 3.14. The van der Waals surface area contributed by atoms with Crippen molar-refractivity contribution < 1.29 is 13.2 Å². The Kier molecular flexibility index (Phi) is 4.55. The average molecular weight is 362 g/mol. The molecule has 0 amide bonds. The Morgan fingerprint density at radius 2 is 2.00 bits per heavy atom. The number of benzene rings is 1. The highest BCUT2D eigenvalue weighted by molar-refractivity contribution is 6.31. The molecule has 4 rings (SSSR count). The highest BCUT2D eigenvalue weighted by atomic mass is 35.5. The van der Waals surface area contributed by atoms with Crippen LogP contribution in [0.3, 0.4) is 0 Å². The molecule has 0 spiro atoms. The van der Waals surface area contributed by atoms with E-state index in [1.807, 2.05) is 0 Å². The van der Waals surface area contributed by atoms with Crippen LogP contribution in [-0.2, 0) is 6.54 Å². The standard InChI is InChI=1S/C18H17ClFN3O2/c19-14-3-1-4-15(20)13(14)11-23-8-6-12(7-9-23)17-21-22-18(25-17)16-5-2-10-24-16/h1-5,10,12H,6-9,11H2. The lowest BCUT2D eigenvalue weighted by atomic mass is 9.96. The normalized spacial score (nSPS) is 16.4. The Morgan fingerprint density at radius 3 is 2.72 bits per heavy atom. The number of aromatic nitrogens is 2. The van der Waals surface area contributed by atoms with Gasteiger partial charge in [-0.15, -0.1) is 10.2 Å². The van der Waals surface area contributed by atoms with Gasteiger partial charge in [0.1, 0.15) is 5.82 Å². The molecule has 5 nitrogen and oxygen atoms in total. The van der Waals surface area contributed by atoms with E-state index in [0.717, 1.165) is 25.9 Å². The Balaban J connectivity index is 1.39. The Morgan fingerprint density at radius 1 is 1.16 bits per heavy atom. The van der Waals surface area contributed by atoms with Crippen LogP contribution in [-0.4, -0.2) is 28.2 Å². The third-order valence-electron chi connectivity index (χ3n) is 4.55. The van der Waals surface area contributed by atoms with Crippen molar-refractivity contribution in [2.45, 2.75) is 25.3 Å². The molecule has 7 heteroatoms. The molecule has 0 N–H and O–H groups in total. The molecular formula is C18H17ClFN3O2. The van der Waals surface area contributed by atoms with Gasteiger partial charge < -0.3 is 8.83 Å². The van der Waals surface area contributed by atoms with Crippen LogP contribution in [0.2, 0.25) is 5.02 Å². The molecule has 1 saturated heterocycles. The predicted octanol–water partition coefficient (Wildman–Crippen LogP) is 4.50. The smallest absolute Gasteiger partial charge is 0.283 e. The lowest BCUT2D eigenvalue weighted by molar-refractivity contribution is 0.191. The lowest BCUT2D eigenvalue weighted by Crippen LogP contribution is -2.33. The van der Waals surface area contributed by atoms with Gasteiger partial charge in [0.05, 0.1) is 6.26 Å². The number of nitrogens with zero attached hydrogens (tertiary/aromatic N) is 3. The predicted molar refractivity (Wildman–Crippen MR) is 90.7 cm³/mol. The third-order valence-corrected chi connectivity index (χ3v) is 4.91. The minimum Gasteiger partial charge on any atom is -0.459 e. The first-order valence-electron chi connectivity index (χ1n) is 8.23. The summed E-state index contributed by atoms with van der Waals surface area (Å²) in [6.07, 6.45) is 3.34. The van der Waals surface area contributed by atoms with Crippen LogP contribution in [0.15, 0.2) is 45.4 Å². The molecule has 0 unspecified atom stereocenters. The largest absolute Gasteiger partial charge is 0.459 e. The molecule has 1 fully saturated rings. The summed E-state index contributed by atoms with van der Waals surface area (Å²) >= 11 is 6.12. The van der Waals surface area contributed by atoms with E-state index in [1.54, 1.807) is 30.5 Å². The number of piperidine rings is 1.